The van der Waals surface area contributed by atoms with Crippen molar-refractivity contribution in [2.24, 2.45) is 0 Å². The quantitative estimate of drug-likeness (QED) is 0.136. The monoisotopic (exact) mass is 739 g/mol. The molecule has 6 aromatic rings. The number of carbonyl (C=O) groups excluding carboxylic acids is 1. The summed E-state index contributed by atoms with van der Waals surface area (Å²) in [5.41, 5.74) is -2.92. The highest BCUT2D eigenvalue weighted by Crippen LogP contribution is 2.38. The van der Waals surface area contributed by atoms with E-state index in [1.54, 1.807) is 12.1 Å². The maximum absolute atomic E-state index is 14.1. The number of fused-ring (bicyclic) bond motifs is 1. The Labute approximate surface area is 295 Å². The summed E-state index contributed by atoms with van der Waals surface area (Å²) in [5, 5.41) is 13.0. The molecule has 0 aliphatic heterocycles. The van der Waals surface area contributed by atoms with Crippen molar-refractivity contribution in [3.05, 3.63) is 148 Å². The van der Waals surface area contributed by atoms with Gasteiger partial charge in [0.25, 0.3) is 5.91 Å². The van der Waals surface area contributed by atoms with Gasteiger partial charge in [0.15, 0.2) is 0 Å². The summed E-state index contributed by atoms with van der Waals surface area (Å²) in [4.78, 5) is 29.8. The first-order valence-corrected chi connectivity index (χ1v) is 15.6. The molecule has 2 heterocycles. The fraction of sp³-hybridized carbons (Fsp3) is 0.108. The molecule has 0 aliphatic rings. The highest BCUT2D eigenvalue weighted by Gasteiger charge is 2.38. The molecule has 0 bridgehead atoms. The molecular formula is C37H24ClF6N3O5. The summed E-state index contributed by atoms with van der Waals surface area (Å²) in [6.45, 7) is -0.454. The van der Waals surface area contributed by atoms with Crippen LogP contribution in [0.4, 0.5) is 32.0 Å². The first kappa shape index (κ1) is 35.8. The molecule has 0 aliphatic carbocycles. The van der Waals surface area contributed by atoms with Crippen LogP contribution in [0, 0.1) is 0 Å². The first-order chi connectivity index (χ1) is 24.7. The Morgan fingerprint density at radius 3 is 2.29 bits per heavy atom. The fourth-order valence-corrected chi connectivity index (χ4v) is 5.56. The Balaban J connectivity index is 1.38. The zero-order valence-corrected chi connectivity index (χ0v) is 27.2. The molecule has 0 saturated heterocycles. The molecule has 8 nitrogen and oxygen atoms in total. The van der Waals surface area contributed by atoms with Gasteiger partial charge in [-0.15, -0.1) is 0 Å². The molecule has 0 saturated carbocycles. The third-order valence-electron chi connectivity index (χ3n) is 7.80. The van der Waals surface area contributed by atoms with E-state index in [2.05, 4.69) is 10.3 Å². The molecule has 0 unspecified atom stereocenters. The van der Waals surface area contributed by atoms with Crippen molar-refractivity contribution in [3.63, 3.8) is 0 Å². The van der Waals surface area contributed by atoms with Gasteiger partial charge in [-0.3, -0.25) is 9.78 Å². The highest BCUT2D eigenvalue weighted by atomic mass is 35.5. The van der Waals surface area contributed by atoms with E-state index < -0.39 is 47.5 Å². The zero-order valence-electron chi connectivity index (χ0n) is 26.4. The largest absolute Gasteiger partial charge is 0.489 e. The lowest BCUT2D eigenvalue weighted by molar-refractivity contribution is -0.143. The van der Waals surface area contributed by atoms with Crippen molar-refractivity contribution in [2.75, 3.05) is 5.32 Å². The summed E-state index contributed by atoms with van der Waals surface area (Å²) >= 11 is 5.94. The fourth-order valence-electron chi connectivity index (χ4n) is 5.40. The van der Waals surface area contributed by atoms with Crippen LogP contribution in [0.2, 0.25) is 5.02 Å². The number of carboxylic acid groups (broad SMARTS) is 1. The van der Waals surface area contributed by atoms with Gasteiger partial charge in [0.05, 0.1) is 22.3 Å². The second kappa shape index (κ2) is 14.3. The van der Waals surface area contributed by atoms with Crippen LogP contribution in [0.15, 0.2) is 109 Å². The second-order valence-electron chi connectivity index (χ2n) is 11.4. The zero-order chi connectivity index (χ0) is 37.2. The van der Waals surface area contributed by atoms with Crippen LogP contribution in [-0.4, -0.2) is 26.5 Å². The van der Waals surface area contributed by atoms with Gasteiger partial charge in [-0.25, -0.2) is 4.79 Å². The number of hydrogen-bond acceptors (Lipinski definition) is 5. The molecule has 6 rings (SSSR count). The highest BCUT2D eigenvalue weighted by molar-refractivity contribution is 6.30. The predicted molar refractivity (Wildman–Crippen MR) is 179 cm³/mol. The Bertz CT molecular complexity index is 2290. The van der Waals surface area contributed by atoms with E-state index in [1.165, 1.54) is 47.3 Å². The van der Waals surface area contributed by atoms with E-state index in [4.69, 9.17) is 21.1 Å². The number of aromatic carboxylic acids is 1. The van der Waals surface area contributed by atoms with Crippen LogP contribution in [0.25, 0.3) is 10.9 Å². The molecule has 2 N–H and O–H groups in total. The Hall–Kier alpha value is -6.02. The molecule has 52 heavy (non-hydrogen) atoms. The molecule has 4 aromatic carbocycles. The van der Waals surface area contributed by atoms with Gasteiger partial charge >= 0.3 is 18.3 Å². The summed E-state index contributed by atoms with van der Waals surface area (Å²) in [6.07, 6.45) is -7.52. The molecule has 15 heteroatoms. The number of pyridine rings is 1. The Morgan fingerprint density at radius 1 is 0.827 bits per heavy atom. The van der Waals surface area contributed by atoms with Gasteiger partial charge in [-0.2, -0.15) is 26.3 Å². The van der Waals surface area contributed by atoms with Crippen molar-refractivity contribution >= 4 is 40.1 Å². The topological polar surface area (TPSA) is 103 Å². The number of carbonyl (C=O) groups is 2. The molecule has 0 radical (unpaired) electrons. The predicted octanol–water partition coefficient (Wildman–Crippen LogP) is 10.1. The van der Waals surface area contributed by atoms with Crippen LogP contribution in [0.1, 0.15) is 43.1 Å². The van der Waals surface area contributed by atoms with Crippen molar-refractivity contribution in [2.45, 2.75) is 25.5 Å². The number of rotatable bonds is 10. The van der Waals surface area contributed by atoms with Gasteiger partial charge in [0, 0.05) is 35.4 Å². The normalized spacial score (nSPS) is 11.8. The third-order valence-corrected chi connectivity index (χ3v) is 8.01. The number of nitrogens with one attached hydrogen (secondary N) is 1. The van der Waals surface area contributed by atoms with Crippen LogP contribution < -0.4 is 14.8 Å². The molecule has 0 fully saturated rings. The minimum absolute atomic E-state index is 0.00632. The molecule has 0 atom stereocenters. The average molecular weight is 740 g/mol. The van der Waals surface area contributed by atoms with Crippen LogP contribution in [0.5, 0.6) is 17.2 Å². The minimum Gasteiger partial charge on any atom is -0.489 e. The number of nitrogens with zero attached hydrogens (tertiary/aromatic N) is 2. The van der Waals surface area contributed by atoms with Crippen LogP contribution >= 0.6 is 11.6 Å². The number of anilines is 1. The summed E-state index contributed by atoms with van der Waals surface area (Å²) in [7, 11) is 0. The van der Waals surface area contributed by atoms with Crippen molar-refractivity contribution in [3.8, 4) is 17.2 Å². The van der Waals surface area contributed by atoms with Crippen LogP contribution in [-0.2, 0) is 25.5 Å². The summed E-state index contributed by atoms with van der Waals surface area (Å²) < 4.78 is 95.3. The second-order valence-corrected chi connectivity index (χ2v) is 11.8. The number of aromatic nitrogens is 2. The van der Waals surface area contributed by atoms with Crippen LogP contribution in [0.3, 0.4) is 0 Å². The SMILES string of the molecule is O=C(O)c1cc(NC(=O)c2cc3cc(OCc4ccccc4)ccc3n2Cc2ccc(C(F)(F)F)cc2C(F)(F)F)ccc1Oc1cncc(Cl)c1. The van der Waals surface area contributed by atoms with E-state index >= 15 is 0 Å². The number of carboxylic acids is 1. The molecular weight excluding hydrogens is 716 g/mol. The third kappa shape index (κ3) is 8.13. The number of benzene rings is 4. The standard InChI is InChI=1S/C37H24ClF6N3O5/c38-25-15-28(18-45-17-25)52-33-11-8-26(16-29(33)35(49)50)46-34(48)32-13-23-12-27(51-20-21-4-2-1-3-5-21)9-10-31(23)47(32)19-22-6-7-24(36(39,40)41)14-30(22)37(42,43)44/h1-18H,19-20H2,(H,46,48)(H,49,50). The van der Waals surface area contributed by atoms with E-state index in [0.29, 0.717) is 17.2 Å². The maximum Gasteiger partial charge on any atom is 0.416 e. The van der Waals surface area contributed by atoms with Crippen molar-refractivity contribution in [1.82, 2.24) is 9.55 Å². The van der Waals surface area contributed by atoms with Gasteiger partial charge in [-0.05, 0) is 65.7 Å². The number of halogens is 7. The first-order valence-electron chi connectivity index (χ1n) is 15.2. The lowest BCUT2D eigenvalue weighted by Gasteiger charge is -2.18. The summed E-state index contributed by atoms with van der Waals surface area (Å²) in [6, 6.07) is 21.7. The van der Waals surface area contributed by atoms with E-state index in [9.17, 15) is 41.0 Å². The molecule has 2 aromatic heterocycles. The van der Waals surface area contributed by atoms with Gasteiger partial charge in [-0.1, -0.05) is 48.0 Å². The van der Waals surface area contributed by atoms with E-state index in [-0.39, 0.29) is 51.7 Å². The lowest BCUT2D eigenvalue weighted by Crippen LogP contribution is -2.20. The van der Waals surface area contributed by atoms with Gasteiger partial charge in [0.2, 0.25) is 0 Å². The lowest BCUT2D eigenvalue weighted by atomic mass is 10.0. The maximum atomic E-state index is 14.1. The Kier molecular flexibility index (Phi) is 9.85. The van der Waals surface area contributed by atoms with Gasteiger partial charge in [0.1, 0.15) is 35.1 Å². The average Bonchev–Trinajstić information content (AvgIpc) is 3.45. The van der Waals surface area contributed by atoms with Gasteiger partial charge < -0.3 is 24.5 Å². The number of amides is 1. The van der Waals surface area contributed by atoms with E-state index in [0.717, 1.165) is 17.7 Å². The van der Waals surface area contributed by atoms with Crippen molar-refractivity contribution < 1.29 is 50.5 Å². The van der Waals surface area contributed by atoms with Crippen molar-refractivity contribution in [1.29, 1.82) is 0 Å². The smallest absolute Gasteiger partial charge is 0.416 e. The number of hydrogen-bond donors (Lipinski definition) is 2. The molecule has 266 valence electrons. The number of alkyl halides is 6. The summed E-state index contributed by atoms with van der Waals surface area (Å²) in [5.74, 6) is -1.84. The molecule has 0 spiro atoms. The Morgan fingerprint density at radius 2 is 1.60 bits per heavy atom. The minimum atomic E-state index is -5.15. The molecule has 1 amide bonds. The number of ether oxygens (including phenoxy) is 2. The van der Waals surface area contributed by atoms with E-state index in [1.807, 2.05) is 30.3 Å².